The Morgan fingerprint density at radius 3 is 2.47 bits per heavy atom. The third-order valence-electron chi connectivity index (χ3n) is 5.14. The standard InChI is InChI=1S/C24H27FN4O5/c1-16(34-19-11-9-18(25)10-12-19)23(31)28(13-6-14-33-2)20-21(26)29(24(32)27-22(20)30)15-17-7-4-3-5-8-17/h3-5,7-12,16H,6,13-15,26H2,1-2H3,(H,27,30,32). The second-order valence-corrected chi connectivity index (χ2v) is 7.62. The van der Waals surface area contributed by atoms with Crippen molar-refractivity contribution in [2.24, 2.45) is 0 Å². The van der Waals surface area contributed by atoms with Crippen LogP contribution in [0.1, 0.15) is 18.9 Å². The zero-order valence-corrected chi connectivity index (χ0v) is 19.0. The van der Waals surface area contributed by atoms with Gasteiger partial charge in [0.1, 0.15) is 17.4 Å². The highest BCUT2D eigenvalue weighted by atomic mass is 19.1. The predicted octanol–water partition coefficient (Wildman–Crippen LogP) is 2.14. The summed E-state index contributed by atoms with van der Waals surface area (Å²) in [6.07, 6.45) is -0.622. The molecule has 180 valence electrons. The molecule has 3 aromatic rings. The number of anilines is 2. The zero-order chi connectivity index (χ0) is 24.7. The Labute approximate surface area is 195 Å². The van der Waals surface area contributed by atoms with Gasteiger partial charge in [0.2, 0.25) is 0 Å². The maximum atomic E-state index is 13.4. The SMILES string of the molecule is COCCCN(C(=O)C(C)Oc1ccc(F)cc1)c1c(N)n(Cc2ccccc2)c(=O)[nH]c1=O. The van der Waals surface area contributed by atoms with Crippen LogP contribution in [0.15, 0.2) is 64.2 Å². The fraction of sp³-hybridized carbons (Fsp3) is 0.292. The van der Waals surface area contributed by atoms with Crippen molar-refractivity contribution in [3.8, 4) is 5.75 Å². The number of halogens is 1. The van der Waals surface area contributed by atoms with E-state index in [0.29, 0.717) is 13.0 Å². The van der Waals surface area contributed by atoms with Crippen LogP contribution in [0.3, 0.4) is 0 Å². The average molecular weight is 471 g/mol. The number of aromatic amines is 1. The van der Waals surface area contributed by atoms with Crippen LogP contribution in [0.25, 0.3) is 0 Å². The minimum Gasteiger partial charge on any atom is -0.481 e. The quantitative estimate of drug-likeness (QED) is 0.438. The number of rotatable bonds is 10. The molecule has 9 nitrogen and oxygen atoms in total. The molecule has 0 aliphatic rings. The van der Waals surface area contributed by atoms with Crippen molar-refractivity contribution in [2.45, 2.75) is 26.0 Å². The highest BCUT2D eigenvalue weighted by molar-refractivity contribution is 5.98. The molecule has 2 aromatic carbocycles. The summed E-state index contributed by atoms with van der Waals surface area (Å²) in [6, 6.07) is 14.3. The molecule has 0 aliphatic heterocycles. The Hall–Kier alpha value is -3.92. The van der Waals surface area contributed by atoms with Crippen molar-refractivity contribution in [3.05, 3.63) is 86.8 Å². The minimum atomic E-state index is -1.03. The topological polar surface area (TPSA) is 120 Å². The number of nitrogens with zero attached hydrogens (tertiary/aromatic N) is 2. The lowest BCUT2D eigenvalue weighted by molar-refractivity contribution is -0.124. The highest BCUT2D eigenvalue weighted by Gasteiger charge is 2.28. The molecule has 0 saturated heterocycles. The Kier molecular flexibility index (Phi) is 8.20. The number of nitrogens with one attached hydrogen (secondary N) is 1. The van der Waals surface area contributed by atoms with Crippen LogP contribution in [0.4, 0.5) is 15.9 Å². The molecule has 0 bridgehead atoms. The van der Waals surface area contributed by atoms with Crippen molar-refractivity contribution in [1.82, 2.24) is 9.55 Å². The lowest BCUT2D eigenvalue weighted by Crippen LogP contribution is -2.46. The first-order valence-corrected chi connectivity index (χ1v) is 10.7. The Bertz CT molecular complexity index is 1220. The van der Waals surface area contributed by atoms with Crippen LogP contribution >= 0.6 is 0 Å². The van der Waals surface area contributed by atoms with E-state index in [0.717, 1.165) is 5.56 Å². The van der Waals surface area contributed by atoms with E-state index >= 15 is 0 Å². The molecule has 1 amide bonds. The van der Waals surface area contributed by atoms with E-state index in [1.165, 1.54) is 47.8 Å². The fourth-order valence-electron chi connectivity index (χ4n) is 3.45. The van der Waals surface area contributed by atoms with Crippen LogP contribution in [0.5, 0.6) is 5.75 Å². The van der Waals surface area contributed by atoms with Crippen LogP contribution in [0.2, 0.25) is 0 Å². The molecule has 34 heavy (non-hydrogen) atoms. The van der Waals surface area contributed by atoms with E-state index in [9.17, 15) is 18.8 Å². The second-order valence-electron chi connectivity index (χ2n) is 7.62. The van der Waals surface area contributed by atoms with Gasteiger partial charge in [-0.25, -0.2) is 9.18 Å². The van der Waals surface area contributed by atoms with Crippen LogP contribution < -0.4 is 26.6 Å². The van der Waals surface area contributed by atoms with Crippen LogP contribution in [-0.2, 0) is 16.1 Å². The molecule has 0 spiro atoms. The number of nitrogen functional groups attached to an aromatic ring is 1. The smallest absolute Gasteiger partial charge is 0.330 e. The Balaban J connectivity index is 1.97. The molecule has 1 atom stereocenters. The van der Waals surface area contributed by atoms with E-state index in [4.69, 9.17) is 15.2 Å². The fourth-order valence-corrected chi connectivity index (χ4v) is 3.45. The number of nitrogens with two attached hydrogens (primary N) is 1. The maximum Gasteiger partial charge on any atom is 0.330 e. The first-order valence-electron chi connectivity index (χ1n) is 10.7. The van der Waals surface area contributed by atoms with Gasteiger partial charge in [-0.2, -0.15) is 0 Å². The molecule has 3 N–H and O–H groups in total. The van der Waals surface area contributed by atoms with Crippen molar-refractivity contribution in [3.63, 3.8) is 0 Å². The largest absolute Gasteiger partial charge is 0.481 e. The van der Waals surface area contributed by atoms with Gasteiger partial charge >= 0.3 is 5.69 Å². The predicted molar refractivity (Wildman–Crippen MR) is 127 cm³/mol. The number of carbonyl (C=O) groups is 1. The van der Waals surface area contributed by atoms with Gasteiger partial charge < -0.3 is 20.1 Å². The van der Waals surface area contributed by atoms with Gasteiger partial charge in [-0.05, 0) is 43.2 Å². The molecule has 3 rings (SSSR count). The van der Waals surface area contributed by atoms with Crippen molar-refractivity contribution < 1.29 is 18.7 Å². The molecular formula is C24H27FN4O5. The van der Waals surface area contributed by atoms with Crippen molar-refractivity contribution >= 4 is 17.4 Å². The van der Waals surface area contributed by atoms with Gasteiger partial charge in [0, 0.05) is 20.3 Å². The number of methoxy groups -OCH3 is 1. The number of hydrogen-bond acceptors (Lipinski definition) is 6. The Morgan fingerprint density at radius 1 is 1.15 bits per heavy atom. The van der Waals surface area contributed by atoms with E-state index in [1.807, 2.05) is 30.3 Å². The Morgan fingerprint density at radius 2 is 1.82 bits per heavy atom. The molecule has 10 heteroatoms. The maximum absolute atomic E-state index is 13.4. The van der Waals surface area contributed by atoms with Gasteiger partial charge in [0.05, 0.1) is 6.54 Å². The summed E-state index contributed by atoms with van der Waals surface area (Å²) in [5.74, 6) is -0.845. The third kappa shape index (κ3) is 5.90. The summed E-state index contributed by atoms with van der Waals surface area (Å²) in [4.78, 5) is 42.1. The lowest BCUT2D eigenvalue weighted by Gasteiger charge is -2.27. The van der Waals surface area contributed by atoms with Gasteiger partial charge in [-0.3, -0.25) is 19.1 Å². The number of ether oxygens (including phenoxy) is 2. The minimum absolute atomic E-state index is 0.0978. The average Bonchev–Trinajstić information content (AvgIpc) is 2.82. The summed E-state index contributed by atoms with van der Waals surface area (Å²) in [5, 5.41) is 0. The normalized spacial score (nSPS) is 11.7. The molecule has 0 fully saturated rings. The summed E-state index contributed by atoms with van der Waals surface area (Å²) < 4.78 is 25.1. The highest BCUT2D eigenvalue weighted by Crippen LogP contribution is 2.21. The molecule has 0 saturated carbocycles. The van der Waals surface area contributed by atoms with Gasteiger partial charge in [0.25, 0.3) is 11.5 Å². The number of H-pyrrole nitrogens is 1. The number of amides is 1. The first-order chi connectivity index (χ1) is 16.3. The summed E-state index contributed by atoms with van der Waals surface area (Å²) in [6.45, 7) is 2.05. The summed E-state index contributed by atoms with van der Waals surface area (Å²) >= 11 is 0. The number of carbonyl (C=O) groups excluding carboxylic acids is 1. The number of hydrogen-bond donors (Lipinski definition) is 2. The number of aromatic nitrogens is 2. The number of benzene rings is 2. The van der Waals surface area contributed by atoms with Gasteiger partial charge in [-0.15, -0.1) is 0 Å². The first kappa shape index (κ1) is 24.7. The van der Waals surface area contributed by atoms with E-state index in [2.05, 4.69) is 4.98 Å². The second kappa shape index (κ2) is 11.3. The molecule has 0 aliphatic carbocycles. The van der Waals surface area contributed by atoms with Gasteiger partial charge in [-0.1, -0.05) is 30.3 Å². The summed E-state index contributed by atoms with van der Waals surface area (Å²) in [7, 11) is 1.52. The summed E-state index contributed by atoms with van der Waals surface area (Å²) in [5.41, 5.74) is 5.45. The molecule has 1 unspecified atom stereocenters. The van der Waals surface area contributed by atoms with Crippen molar-refractivity contribution in [1.29, 1.82) is 0 Å². The lowest BCUT2D eigenvalue weighted by atomic mass is 10.2. The molecular weight excluding hydrogens is 443 g/mol. The van der Waals surface area contributed by atoms with Gasteiger partial charge in [0.15, 0.2) is 11.8 Å². The van der Waals surface area contributed by atoms with E-state index in [1.54, 1.807) is 0 Å². The monoisotopic (exact) mass is 470 g/mol. The van der Waals surface area contributed by atoms with Crippen molar-refractivity contribution in [2.75, 3.05) is 30.9 Å². The molecule has 1 heterocycles. The zero-order valence-electron chi connectivity index (χ0n) is 19.0. The third-order valence-corrected chi connectivity index (χ3v) is 5.14. The van der Waals surface area contributed by atoms with Crippen LogP contribution in [0, 0.1) is 5.82 Å². The van der Waals surface area contributed by atoms with Crippen LogP contribution in [-0.4, -0.2) is 41.8 Å². The van der Waals surface area contributed by atoms with E-state index < -0.39 is 29.1 Å². The molecule has 0 radical (unpaired) electrons. The molecule has 1 aromatic heterocycles. The van der Waals surface area contributed by atoms with E-state index in [-0.39, 0.29) is 30.3 Å².